The van der Waals surface area contributed by atoms with Crippen molar-refractivity contribution >= 4 is 28.8 Å². The molecule has 0 heterocycles. The molecule has 0 aliphatic carbocycles. The van der Waals surface area contributed by atoms with Crippen LogP contribution in [0, 0.1) is 12.0 Å². The first-order chi connectivity index (χ1) is 12.7. The van der Waals surface area contributed by atoms with Gasteiger partial charge in [-0.3, -0.25) is 14.4 Å². The highest BCUT2D eigenvalue weighted by molar-refractivity contribution is 8.14. The fourth-order valence-corrected chi connectivity index (χ4v) is 3.68. The van der Waals surface area contributed by atoms with Crippen molar-refractivity contribution in [2.24, 2.45) is 11.1 Å². The van der Waals surface area contributed by atoms with Gasteiger partial charge < -0.3 is 21.0 Å². The summed E-state index contributed by atoms with van der Waals surface area (Å²) in [4.78, 5) is 39.9. The van der Waals surface area contributed by atoms with Crippen LogP contribution in [0.5, 0.6) is 0 Å². The molecule has 0 radical (unpaired) electrons. The first kappa shape index (κ1) is 22.7. The summed E-state index contributed by atoms with van der Waals surface area (Å²) in [5, 5.41) is 11.5. The van der Waals surface area contributed by atoms with Crippen LogP contribution in [0.2, 0.25) is 0 Å². The van der Waals surface area contributed by atoms with Crippen molar-refractivity contribution in [1.29, 1.82) is 0 Å². The van der Waals surface area contributed by atoms with E-state index in [4.69, 9.17) is 17.4 Å². The van der Waals surface area contributed by atoms with Crippen LogP contribution >= 0.6 is 11.8 Å². The second kappa shape index (κ2) is 10.1. The Morgan fingerprint density at radius 2 is 1.89 bits per heavy atom. The Morgan fingerprint density at radius 1 is 1.26 bits per heavy atom. The fourth-order valence-electron chi connectivity index (χ4n) is 2.52. The molecular formula is C19H25N3O4S. The molecule has 0 saturated heterocycles. The van der Waals surface area contributed by atoms with Crippen LogP contribution in [0.3, 0.4) is 0 Å². The Kier molecular flexibility index (Phi) is 8.47. The van der Waals surface area contributed by atoms with E-state index in [0.29, 0.717) is 5.56 Å². The van der Waals surface area contributed by atoms with Crippen molar-refractivity contribution in [3.05, 3.63) is 47.3 Å². The predicted molar refractivity (Wildman–Crippen MR) is 105 cm³/mol. The van der Waals surface area contributed by atoms with E-state index in [1.165, 1.54) is 0 Å². The second-order valence-corrected chi connectivity index (χ2v) is 7.55. The minimum Gasteiger partial charge on any atom is -0.481 e. The normalized spacial score (nSPS) is 15.0. The van der Waals surface area contributed by atoms with Gasteiger partial charge in [0, 0.05) is 37.8 Å². The van der Waals surface area contributed by atoms with Gasteiger partial charge in [-0.25, -0.2) is 6.57 Å². The van der Waals surface area contributed by atoms with Crippen molar-refractivity contribution in [2.75, 3.05) is 18.8 Å². The number of nitrogens with two attached hydrogens (primary N) is 1. The molecule has 2 atom stereocenters. The van der Waals surface area contributed by atoms with Gasteiger partial charge >= 0.3 is 5.97 Å². The molecule has 2 unspecified atom stereocenters. The molecule has 8 heteroatoms. The zero-order chi connectivity index (χ0) is 20.5. The molecule has 0 saturated carbocycles. The van der Waals surface area contributed by atoms with Crippen molar-refractivity contribution in [3.63, 3.8) is 0 Å². The van der Waals surface area contributed by atoms with Crippen LogP contribution in [-0.2, 0) is 9.59 Å². The van der Waals surface area contributed by atoms with Gasteiger partial charge in [0.15, 0.2) is 0 Å². The third-order valence-corrected chi connectivity index (χ3v) is 5.91. The Balaban J connectivity index is 3.09. The van der Waals surface area contributed by atoms with Gasteiger partial charge in [0.25, 0.3) is 0 Å². The van der Waals surface area contributed by atoms with E-state index in [1.54, 1.807) is 44.2 Å². The predicted octanol–water partition coefficient (Wildman–Crippen LogP) is 2.18. The topological polar surface area (TPSA) is 114 Å². The van der Waals surface area contributed by atoms with Gasteiger partial charge in [-0.05, 0) is 6.92 Å². The second-order valence-electron chi connectivity index (χ2n) is 6.60. The molecule has 4 N–H and O–H groups in total. The van der Waals surface area contributed by atoms with Crippen LogP contribution in [-0.4, -0.2) is 46.5 Å². The van der Waals surface area contributed by atoms with Crippen molar-refractivity contribution in [3.8, 4) is 0 Å². The van der Waals surface area contributed by atoms with Gasteiger partial charge in [0.1, 0.15) is 5.41 Å². The van der Waals surface area contributed by atoms with Crippen LogP contribution < -0.4 is 11.1 Å². The van der Waals surface area contributed by atoms with Crippen LogP contribution in [0.15, 0.2) is 30.3 Å². The lowest BCUT2D eigenvalue weighted by atomic mass is 9.70. The number of carboxylic acid groups (broad SMARTS) is 1. The van der Waals surface area contributed by atoms with E-state index in [0.717, 1.165) is 11.8 Å². The Morgan fingerprint density at radius 3 is 2.41 bits per heavy atom. The number of rotatable bonds is 10. The number of carboxylic acids is 1. The molecule has 0 fully saturated rings. The number of hydrogen-bond donors (Lipinski definition) is 3. The number of benzene rings is 1. The van der Waals surface area contributed by atoms with E-state index >= 15 is 0 Å². The number of nitrogens with one attached hydrogen (secondary N) is 1. The standard InChI is InChI=1S/C19H25N3O4S/c1-18(17(26)22-12-11-20,19(2,21-3)10-9-15(23)24)13-27-16(25)14-7-5-4-6-8-14/h4-8H,9-13,20H2,1-2H3,(H,22,26)(H,23,24). The van der Waals surface area contributed by atoms with Crippen LogP contribution in [0.1, 0.15) is 37.0 Å². The summed E-state index contributed by atoms with van der Waals surface area (Å²) in [5.74, 6) is -1.40. The average molecular weight is 391 g/mol. The SMILES string of the molecule is [C-]#[N+]C(C)(CCC(=O)O)C(C)(CSC(=O)c1ccccc1)C(=O)NCCN. The highest BCUT2D eigenvalue weighted by atomic mass is 32.2. The Hall–Kier alpha value is -2.37. The minimum absolute atomic E-state index is 0.00152. The number of carbonyl (C=O) groups excluding carboxylic acids is 2. The highest BCUT2D eigenvalue weighted by Crippen LogP contribution is 2.42. The molecular weight excluding hydrogens is 366 g/mol. The number of hydrogen-bond acceptors (Lipinski definition) is 5. The minimum atomic E-state index is -1.28. The zero-order valence-corrected chi connectivity index (χ0v) is 16.3. The van der Waals surface area contributed by atoms with E-state index in [-0.39, 0.29) is 36.8 Å². The molecule has 1 rings (SSSR count). The lowest BCUT2D eigenvalue weighted by Crippen LogP contribution is -2.54. The third-order valence-electron chi connectivity index (χ3n) is 4.69. The average Bonchev–Trinajstić information content (AvgIpc) is 2.68. The molecule has 0 aromatic heterocycles. The van der Waals surface area contributed by atoms with Gasteiger partial charge in [-0.15, -0.1) is 0 Å². The number of carbonyl (C=O) groups is 3. The molecule has 27 heavy (non-hydrogen) atoms. The molecule has 1 aromatic rings. The van der Waals surface area contributed by atoms with Gasteiger partial charge in [-0.1, -0.05) is 42.1 Å². The number of thioether (sulfide) groups is 1. The zero-order valence-electron chi connectivity index (χ0n) is 15.5. The molecule has 1 aromatic carbocycles. The summed E-state index contributed by atoms with van der Waals surface area (Å²) in [6.45, 7) is 11.3. The summed E-state index contributed by atoms with van der Waals surface area (Å²) in [5.41, 5.74) is 3.40. The molecule has 0 aliphatic rings. The molecule has 0 bridgehead atoms. The molecule has 1 amide bonds. The van der Waals surface area contributed by atoms with Crippen LogP contribution in [0.4, 0.5) is 0 Å². The first-order valence-electron chi connectivity index (χ1n) is 8.51. The van der Waals surface area contributed by atoms with Gasteiger partial charge in [-0.2, -0.15) is 0 Å². The van der Waals surface area contributed by atoms with Gasteiger partial charge in [0.05, 0.1) is 6.42 Å². The number of amides is 1. The highest BCUT2D eigenvalue weighted by Gasteiger charge is 2.56. The quantitative estimate of drug-likeness (QED) is 0.527. The van der Waals surface area contributed by atoms with E-state index in [9.17, 15) is 14.4 Å². The lowest BCUT2D eigenvalue weighted by molar-refractivity contribution is -0.138. The van der Waals surface area contributed by atoms with E-state index < -0.39 is 22.8 Å². The van der Waals surface area contributed by atoms with Crippen molar-refractivity contribution in [2.45, 2.75) is 32.2 Å². The maximum absolute atomic E-state index is 12.8. The summed E-state index contributed by atoms with van der Waals surface area (Å²) in [6.07, 6.45) is -0.242. The van der Waals surface area contributed by atoms with E-state index in [1.807, 2.05) is 0 Å². The third kappa shape index (κ3) is 5.81. The number of aliphatic carboxylic acids is 1. The lowest BCUT2D eigenvalue weighted by Gasteiger charge is -2.35. The molecule has 7 nitrogen and oxygen atoms in total. The smallest absolute Gasteiger partial charge is 0.303 e. The number of nitrogens with zero attached hydrogens (tertiary/aromatic N) is 1. The van der Waals surface area contributed by atoms with E-state index in [2.05, 4.69) is 10.2 Å². The monoisotopic (exact) mass is 391 g/mol. The largest absolute Gasteiger partial charge is 0.481 e. The van der Waals surface area contributed by atoms with Crippen molar-refractivity contribution in [1.82, 2.24) is 5.32 Å². The summed E-state index contributed by atoms with van der Waals surface area (Å²) < 4.78 is 0. The molecule has 146 valence electrons. The maximum atomic E-state index is 12.8. The summed E-state index contributed by atoms with van der Waals surface area (Å²) in [7, 11) is 0. The maximum Gasteiger partial charge on any atom is 0.303 e. The van der Waals surface area contributed by atoms with Crippen molar-refractivity contribution < 1.29 is 19.5 Å². The molecule has 0 aliphatic heterocycles. The Labute approximate surface area is 163 Å². The summed E-state index contributed by atoms with van der Waals surface area (Å²) >= 11 is 0.953. The molecule has 0 spiro atoms. The Bertz CT molecular complexity index is 719. The fraction of sp³-hybridized carbons (Fsp3) is 0.474. The summed E-state index contributed by atoms with van der Waals surface area (Å²) in [6, 6.07) is 8.65. The first-order valence-corrected chi connectivity index (χ1v) is 9.49. The van der Waals surface area contributed by atoms with Crippen LogP contribution in [0.25, 0.3) is 4.85 Å². The van der Waals surface area contributed by atoms with Gasteiger partial charge in [0.2, 0.25) is 16.6 Å².